The van der Waals surface area contributed by atoms with Crippen molar-refractivity contribution in [3.05, 3.63) is 33.7 Å². The minimum atomic E-state index is -3.30. The van der Waals surface area contributed by atoms with Crippen molar-refractivity contribution in [2.75, 3.05) is 0 Å². The van der Waals surface area contributed by atoms with Gasteiger partial charge in [-0.1, -0.05) is 0 Å². The van der Waals surface area contributed by atoms with Crippen molar-refractivity contribution < 1.29 is 59.1 Å². The van der Waals surface area contributed by atoms with Gasteiger partial charge in [-0.15, -0.1) is 11.3 Å². The van der Waals surface area contributed by atoms with Crippen LogP contribution in [0.2, 0.25) is 0 Å². The zero-order valence-corrected chi connectivity index (χ0v) is 26.2. The summed E-state index contributed by atoms with van der Waals surface area (Å²) in [4.78, 5) is 103. The SMILES string of the molecule is Cc1nc(O)c2c(CCc3cnc(C(=O)N[C@@H](CCC(=O)O)C(=O)C(C[C@H](N)C(=O)O)(C(=O)O)C(=O)[C@@H](N)CCC(=O)O)s3)c[nH]c2n1. The van der Waals surface area contributed by atoms with Crippen molar-refractivity contribution in [2.45, 2.75) is 70.0 Å². The zero-order valence-electron chi connectivity index (χ0n) is 25.3. The van der Waals surface area contributed by atoms with Crippen molar-refractivity contribution in [2.24, 2.45) is 16.9 Å². The lowest BCUT2D eigenvalue weighted by atomic mass is 9.69. The van der Waals surface area contributed by atoms with E-state index in [-0.39, 0.29) is 10.9 Å². The van der Waals surface area contributed by atoms with Crippen LogP contribution in [0.25, 0.3) is 11.0 Å². The number of hydrogen-bond acceptors (Lipinski definition) is 14. The molecule has 3 aromatic rings. The topological polar surface area (TPSA) is 339 Å². The molecule has 258 valence electrons. The number of nitrogens with two attached hydrogens (primary N) is 2. The number of carbonyl (C=O) groups is 7. The Morgan fingerprint density at radius 3 is 2.19 bits per heavy atom. The maximum Gasteiger partial charge on any atom is 0.325 e. The lowest BCUT2D eigenvalue weighted by molar-refractivity contribution is -0.162. The summed E-state index contributed by atoms with van der Waals surface area (Å²) in [7, 11) is 0. The number of thiazole rings is 1. The molecular weight excluding hydrogens is 658 g/mol. The standard InChI is InChI=1S/C28H33N7O12S/c1-11-33-22-19(23(42)34-11)12(9-31-22)2-3-13-10-32-25(48-13)24(43)35-16(5-7-18(38)39)21(41)28(27(46)47,8-15(30)26(44)45)20(40)14(29)4-6-17(36)37/h9-10,14-16H,2-8,29-30H2,1H3,(H,35,43)(H,36,37)(H,38,39)(H,44,45)(H,46,47)(H2,31,33,34,42)/t14-,15-,16-,28?/m0/s1. The minimum Gasteiger partial charge on any atom is -0.493 e. The first-order chi connectivity index (χ1) is 22.5. The van der Waals surface area contributed by atoms with E-state index in [2.05, 4.69) is 25.3 Å². The molecule has 20 heteroatoms. The quantitative estimate of drug-likeness (QED) is 0.0707. The van der Waals surface area contributed by atoms with Crippen LogP contribution in [0.3, 0.4) is 0 Å². The third kappa shape index (κ3) is 8.52. The number of amides is 1. The summed E-state index contributed by atoms with van der Waals surface area (Å²) in [6.07, 6.45) is -0.486. The number of carboxylic acids is 4. The molecule has 3 heterocycles. The second-order valence-corrected chi connectivity index (χ2v) is 12.0. The summed E-state index contributed by atoms with van der Waals surface area (Å²) in [5, 5.41) is 50.5. The number of carbonyl (C=O) groups excluding carboxylic acids is 3. The van der Waals surface area contributed by atoms with Gasteiger partial charge in [0, 0.05) is 36.5 Å². The Labute approximate surface area is 274 Å². The number of nitrogens with zero attached hydrogens (tertiary/aromatic N) is 3. The van der Waals surface area contributed by atoms with E-state index in [1.807, 2.05) is 0 Å². The van der Waals surface area contributed by atoms with Gasteiger partial charge < -0.3 is 47.3 Å². The van der Waals surface area contributed by atoms with Crippen molar-refractivity contribution >= 4 is 63.7 Å². The van der Waals surface area contributed by atoms with Gasteiger partial charge in [-0.2, -0.15) is 4.98 Å². The van der Waals surface area contributed by atoms with Crippen LogP contribution in [-0.4, -0.2) is 105 Å². The van der Waals surface area contributed by atoms with Gasteiger partial charge in [-0.25, -0.2) is 9.97 Å². The number of aryl methyl sites for hydroxylation is 3. The number of rotatable bonds is 19. The van der Waals surface area contributed by atoms with Crippen molar-refractivity contribution in [1.82, 2.24) is 25.3 Å². The molecule has 0 aromatic carbocycles. The third-order valence-corrected chi connectivity index (χ3v) is 8.47. The largest absolute Gasteiger partial charge is 0.493 e. The second-order valence-electron chi connectivity index (χ2n) is 10.8. The Bertz CT molecular complexity index is 1750. The van der Waals surface area contributed by atoms with E-state index in [0.717, 1.165) is 11.3 Å². The molecule has 1 amide bonds. The number of nitrogens with one attached hydrogen (secondary N) is 2. The molecule has 0 saturated carbocycles. The Kier molecular flexibility index (Phi) is 12.0. The molecule has 0 bridgehead atoms. The molecular formula is C28H33N7O12S. The Hall–Kier alpha value is -5.34. The van der Waals surface area contributed by atoms with Crippen LogP contribution in [-0.2, 0) is 41.6 Å². The van der Waals surface area contributed by atoms with Gasteiger partial charge in [0.25, 0.3) is 5.91 Å². The fourth-order valence-electron chi connectivity index (χ4n) is 4.99. The second kappa shape index (κ2) is 15.5. The van der Waals surface area contributed by atoms with Gasteiger partial charge >= 0.3 is 23.9 Å². The first kappa shape index (κ1) is 37.1. The summed E-state index contributed by atoms with van der Waals surface area (Å²) < 4.78 is 0. The molecule has 11 N–H and O–H groups in total. The maximum absolute atomic E-state index is 13.9. The monoisotopic (exact) mass is 691 g/mol. The molecule has 1 unspecified atom stereocenters. The van der Waals surface area contributed by atoms with Gasteiger partial charge in [0.15, 0.2) is 22.0 Å². The van der Waals surface area contributed by atoms with Gasteiger partial charge in [-0.3, -0.25) is 33.6 Å². The van der Waals surface area contributed by atoms with Gasteiger partial charge in [0.05, 0.1) is 17.5 Å². The summed E-state index contributed by atoms with van der Waals surface area (Å²) in [6, 6.07) is -5.96. The summed E-state index contributed by atoms with van der Waals surface area (Å²) >= 11 is 0.891. The highest BCUT2D eigenvalue weighted by molar-refractivity contribution is 7.13. The Morgan fingerprint density at radius 2 is 1.58 bits per heavy atom. The fourth-order valence-corrected chi connectivity index (χ4v) is 5.80. The van der Waals surface area contributed by atoms with Crippen LogP contribution in [0.5, 0.6) is 5.88 Å². The smallest absolute Gasteiger partial charge is 0.325 e. The fraction of sp³-hybridized carbons (Fsp3) is 0.429. The van der Waals surface area contributed by atoms with Gasteiger partial charge in [0.1, 0.15) is 17.5 Å². The first-order valence-electron chi connectivity index (χ1n) is 14.3. The number of H-pyrrole nitrogens is 1. The molecule has 0 spiro atoms. The first-order valence-corrected chi connectivity index (χ1v) is 15.1. The van der Waals surface area contributed by atoms with Crippen LogP contribution in [0.15, 0.2) is 12.4 Å². The van der Waals surface area contributed by atoms with Crippen LogP contribution >= 0.6 is 11.3 Å². The average Bonchev–Trinajstić information content (AvgIpc) is 3.65. The van der Waals surface area contributed by atoms with Crippen molar-refractivity contribution in [3.63, 3.8) is 0 Å². The number of Topliss-reactive ketones (excluding diaryl/α,β-unsaturated/α-hetero) is 2. The molecule has 0 aliphatic carbocycles. The molecule has 0 radical (unpaired) electrons. The van der Waals surface area contributed by atoms with E-state index in [0.29, 0.717) is 40.1 Å². The number of aliphatic carboxylic acids is 4. The Balaban J connectivity index is 1.90. The molecule has 0 aliphatic heterocycles. The van der Waals surface area contributed by atoms with Gasteiger partial charge in [-0.05, 0) is 38.2 Å². The lowest BCUT2D eigenvalue weighted by Gasteiger charge is -2.33. The summed E-state index contributed by atoms with van der Waals surface area (Å²) in [6.45, 7) is 1.62. The number of aromatic amines is 1. The lowest BCUT2D eigenvalue weighted by Crippen LogP contribution is -2.61. The van der Waals surface area contributed by atoms with Crippen molar-refractivity contribution in [1.29, 1.82) is 0 Å². The number of hydrogen-bond donors (Lipinski definition) is 9. The van der Waals surface area contributed by atoms with E-state index in [4.69, 9.17) is 16.6 Å². The van der Waals surface area contributed by atoms with Crippen LogP contribution in [0, 0.1) is 12.3 Å². The summed E-state index contributed by atoms with van der Waals surface area (Å²) in [5.74, 6) is -10.8. The highest BCUT2D eigenvalue weighted by Gasteiger charge is 2.57. The highest BCUT2D eigenvalue weighted by atomic mass is 32.1. The molecule has 48 heavy (non-hydrogen) atoms. The summed E-state index contributed by atoms with van der Waals surface area (Å²) in [5.41, 5.74) is 9.14. The molecule has 0 aliphatic rings. The number of carboxylic acid groups (broad SMARTS) is 4. The van der Waals surface area contributed by atoms with Crippen LogP contribution in [0.4, 0.5) is 0 Å². The molecule has 0 fully saturated rings. The minimum absolute atomic E-state index is 0.210. The number of aromatic nitrogens is 4. The van der Waals surface area contributed by atoms with E-state index < -0.39 is 97.0 Å². The predicted octanol–water partition coefficient (Wildman–Crippen LogP) is -0.620. The van der Waals surface area contributed by atoms with E-state index in [1.165, 1.54) is 6.20 Å². The van der Waals surface area contributed by atoms with Crippen LogP contribution < -0.4 is 16.8 Å². The average molecular weight is 692 g/mol. The molecule has 4 atom stereocenters. The molecule has 19 nitrogen and oxygen atoms in total. The number of fused-ring (bicyclic) bond motifs is 1. The van der Waals surface area contributed by atoms with Crippen LogP contribution in [0.1, 0.15) is 58.2 Å². The van der Waals surface area contributed by atoms with E-state index in [1.54, 1.807) is 13.1 Å². The number of aromatic hydroxyl groups is 1. The zero-order chi connectivity index (χ0) is 35.9. The molecule has 3 rings (SSSR count). The third-order valence-electron chi connectivity index (χ3n) is 7.42. The highest BCUT2D eigenvalue weighted by Crippen LogP contribution is 2.32. The molecule has 3 aromatic heterocycles. The van der Waals surface area contributed by atoms with E-state index >= 15 is 0 Å². The van der Waals surface area contributed by atoms with Gasteiger partial charge in [0.2, 0.25) is 5.88 Å². The number of ketones is 2. The van der Waals surface area contributed by atoms with E-state index in [9.17, 15) is 54.0 Å². The molecule has 0 saturated heterocycles. The normalized spacial score (nSPS) is 14.4. The van der Waals surface area contributed by atoms with Crippen molar-refractivity contribution in [3.8, 4) is 5.88 Å². The maximum atomic E-state index is 13.9. The predicted molar refractivity (Wildman–Crippen MR) is 163 cm³/mol. The Morgan fingerprint density at radius 1 is 0.938 bits per heavy atom.